The molecule has 96 valence electrons. The molecule has 0 bridgehead atoms. The van der Waals surface area contributed by atoms with Crippen LogP contribution in [0.25, 0.3) is 0 Å². The summed E-state index contributed by atoms with van der Waals surface area (Å²) >= 11 is 0. The van der Waals surface area contributed by atoms with Gasteiger partial charge in [-0.1, -0.05) is 6.07 Å². The molecule has 0 heterocycles. The highest BCUT2D eigenvalue weighted by Crippen LogP contribution is 2.20. The van der Waals surface area contributed by atoms with Crippen molar-refractivity contribution in [3.8, 4) is 6.07 Å². The predicted octanol–water partition coefficient (Wildman–Crippen LogP) is 2.92. The van der Waals surface area contributed by atoms with Crippen molar-refractivity contribution in [3.05, 3.63) is 59.4 Å². The summed E-state index contributed by atoms with van der Waals surface area (Å²) in [5.74, 6) is -0.302. The number of benzene rings is 2. The zero-order chi connectivity index (χ0) is 13.8. The van der Waals surface area contributed by atoms with Crippen molar-refractivity contribution in [2.24, 2.45) is 0 Å². The van der Waals surface area contributed by atoms with E-state index in [2.05, 4.69) is 6.07 Å². The van der Waals surface area contributed by atoms with E-state index in [4.69, 9.17) is 11.0 Å². The molecule has 0 saturated heterocycles. The van der Waals surface area contributed by atoms with Gasteiger partial charge in [0.05, 0.1) is 11.6 Å². The number of halogens is 1. The normalized spacial score (nSPS) is 9.95. The van der Waals surface area contributed by atoms with E-state index in [1.165, 1.54) is 12.1 Å². The highest BCUT2D eigenvalue weighted by atomic mass is 19.1. The minimum absolute atomic E-state index is 0.302. The van der Waals surface area contributed by atoms with Crippen molar-refractivity contribution in [1.29, 1.82) is 5.26 Å². The highest BCUT2D eigenvalue weighted by Gasteiger charge is 2.07. The van der Waals surface area contributed by atoms with Crippen LogP contribution in [0.1, 0.15) is 11.1 Å². The van der Waals surface area contributed by atoms with Gasteiger partial charge in [-0.05, 0) is 42.0 Å². The third-order valence-corrected chi connectivity index (χ3v) is 2.93. The fourth-order valence-corrected chi connectivity index (χ4v) is 1.87. The average molecular weight is 255 g/mol. The molecule has 0 spiro atoms. The molecule has 0 aliphatic rings. The fraction of sp³-hybridized carbons (Fsp3) is 0.133. The Morgan fingerprint density at radius 1 is 1.26 bits per heavy atom. The van der Waals surface area contributed by atoms with Crippen LogP contribution in [0.4, 0.5) is 15.8 Å². The van der Waals surface area contributed by atoms with E-state index in [9.17, 15) is 4.39 Å². The molecule has 0 aliphatic heterocycles. The Bertz CT molecular complexity index is 632. The van der Waals surface area contributed by atoms with Gasteiger partial charge >= 0.3 is 0 Å². The molecule has 3 nitrogen and oxygen atoms in total. The first-order valence-corrected chi connectivity index (χ1v) is 5.85. The maximum absolute atomic E-state index is 13.2. The quantitative estimate of drug-likeness (QED) is 0.858. The summed E-state index contributed by atoms with van der Waals surface area (Å²) in [6.45, 7) is 0.485. The average Bonchev–Trinajstić information content (AvgIpc) is 2.43. The van der Waals surface area contributed by atoms with Crippen molar-refractivity contribution in [3.63, 3.8) is 0 Å². The Labute approximate surface area is 111 Å². The second-order valence-electron chi connectivity index (χ2n) is 4.36. The van der Waals surface area contributed by atoms with E-state index in [1.807, 2.05) is 24.1 Å². The van der Waals surface area contributed by atoms with Gasteiger partial charge in [-0.2, -0.15) is 5.26 Å². The first-order chi connectivity index (χ1) is 9.10. The molecule has 0 unspecified atom stereocenters. The number of nitriles is 1. The van der Waals surface area contributed by atoms with Crippen molar-refractivity contribution in [2.45, 2.75) is 6.54 Å². The summed E-state index contributed by atoms with van der Waals surface area (Å²) in [6, 6.07) is 13.7. The van der Waals surface area contributed by atoms with Crippen LogP contribution in [-0.4, -0.2) is 7.05 Å². The lowest BCUT2D eigenvalue weighted by Gasteiger charge is -2.20. The molecule has 2 N–H and O–H groups in total. The number of nitrogen functional groups attached to an aromatic ring is 1. The van der Waals surface area contributed by atoms with Crippen LogP contribution < -0.4 is 10.6 Å². The first-order valence-electron chi connectivity index (χ1n) is 5.85. The second-order valence-corrected chi connectivity index (χ2v) is 4.36. The predicted molar refractivity (Wildman–Crippen MR) is 74.1 cm³/mol. The van der Waals surface area contributed by atoms with Gasteiger partial charge in [-0.25, -0.2) is 4.39 Å². The molecule has 0 amide bonds. The maximum Gasteiger partial charge on any atom is 0.123 e. The van der Waals surface area contributed by atoms with Crippen LogP contribution in [0.15, 0.2) is 42.5 Å². The van der Waals surface area contributed by atoms with Crippen LogP contribution in [0, 0.1) is 17.1 Å². The fourth-order valence-electron chi connectivity index (χ4n) is 1.87. The summed E-state index contributed by atoms with van der Waals surface area (Å²) in [5.41, 5.74) is 8.60. The third kappa shape index (κ3) is 3.02. The monoisotopic (exact) mass is 255 g/mol. The van der Waals surface area contributed by atoms with E-state index in [1.54, 1.807) is 18.2 Å². The Morgan fingerprint density at radius 2 is 2.05 bits per heavy atom. The smallest absolute Gasteiger partial charge is 0.123 e. The number of nitrogens with two attached hydrogens (primary N) is 1. The molecule has 2 rings (SSSR count). The first kappa shape index (κ1) is 12.9. The second kappa shape index (κ2) is 5.40. The van der Waals surface area contributed by atoms with Gasteiger partial charge < -0.3 is 10.6 Å². The highest BCUT2D eigenvalue weighted by molar-refractivity contribution is 5.54. The molecule has 0 atom stereocenters. The van der Waals surface area contributed by atoms with Gasteiger partial charge in [0, 0.05) is 25.0 Å². The van der Waals surface area contributed by atoms with Gasteiger partial charge in [0.15, 0.2) is 0 Å². The lowest BCUT2D eigenvalue weighted by molar-refractivity contribution is 0.625. The summed E-state index contributed by atoms with van der Waals surface area (Å²) < 4.78 is 13.2. The van der Waals surface area contributed by atoms with Gasteiger partial charge in [0.2, 0.25) is 0 Å². The largest absolute Gasteiger partial charge is 0.398 e. The van der Waals surface area contributed by atoms with Gasteiger partial charge in [-0.15, -0.1) is 0 Å². The molecular weight excluding hydrogens is 241 g/mol. The molecule has 0 radical (unpaired) electrons. The summed E-state index contributed by atoms with van der Waals surface area (Å²) in [5, 5.41) is 8.88. The van der Waals surface area contributed by atoms with Crippen molar-refractivity contribution < 1.29 is 4.39 Å². The van der Waals surface area contributed by atoms with Gasteiger partial charge in [0.1, 0.15) is 5.82 Å². The van der Waals surface area contributed by atoms with Gasteiger partial charge in [0.25, 0.3) is 0 Å². The topological polar surface area (TPSA) is 53.0 Å². The summed E-state index contributed by atoms with van der Waals surface area (Å²) in [7, 11) is 1.88. The maximum atomic E-state index is 13.2. The zero-order valence-corrected chi connectivity index (χ0v) is 10.6. The van der Waals surface area contributed by atoms with E-state index in [-0.39, 0.29) is 5.82 Å². The van der Waals surface area contributed by atoms with E-state index < -0.39 is 0 Å². The zero-order valence-electron chi connectivity index (χ0n) is 10.6. The van der Waals surface area contributed by atoms with Crippen LogP contribution >= 0.6 is 0 Å². The minimum Gasteiger partial charge on any atom is -0.398 e. The number of anilines is 2. The van der Waals surface area contributed by atoms with Crippen LogP contribution in [0.3, 0.4) is 0 Å². The molecule has 0 aromatic heterocycles. The summed E-state index contributed by atoms with van der Waals surface area (Å²) in [6.07, 6.45) is 0. The van der Waals surface area contributed by atoms with Crippen LogP contribution in [0.2, 0.25) is 0 Å². The minimum atomic E-state index is -0.302. The molecule has 0 saturated carbocycles. The van der Waals surface area contributed by atoms with Crippen LogP contribution in [0.5, 0.6) is 0 Å². The van der Waals surface area contributed by atoms with E-state index in [0.29, 0.717) is 17.8 Å². The molecule has 0 aliphatic carbocycles. The van der Waals surface area contributed by atoms with Crippen molar-refractivity contribution in [1.82, 2.24) is 0 Å². The molecule has 4 heteroatoms. The van der Waals surface area contributed by atoms with E-state index >= 15 is 0 Å². The van der Waals surface area contributed by atoms with Crippen molar-refractivity contribution in [2.75, 3.05) is 17.7 Å². The SMILES string of the molecule is CN(Cc1cc(F)ccc1N)c1cccc(C#N)c1. The molecule has 0 fully saturated rings. The van der Waals surface area contributed by atoms with Crippen molar-refractivity contribution >= 4 is 11.4 Å². The molecular formula is C15H14FN3. The molecule has 2 aromatic carbocycles. The Morgan fingerprint density at radius 3 is 2.79 bits per heavy atom. The lowest BCUT2D eigenvalue weighted by atomic mass is 10.1. The molecule has 2 aromatic rings. The Balaban J connectivity index is 2.23. The van der Waals surface area contributed by atoms with E-state index in [0.717, 1.165) is 11.3 Å². The number of rotatable bonds is 3. The van der Waals surface area contributed by atoms with Crippen LogP contribution in [-0.2, 0) is 6.54 Å². The summed E-state index contributed by atoms with van der Waals surface area (Å²) in [4.78, 5) is 1.92. The number of hydrogen-bond donors (Lipinski definition) is 1. The molecule has 19 heavy (non-hydrogen) atoms. The van der Waals surface area contributed by atoms with Gasteiger partial charge in [-0.3, -0.25) is 0 Å². The third-order valence-electron chi connectivity index (χ3n) is 2.93. The lowest BCUT2D eigenvalue weighted by Crippen LogP contribution is -2.17. The Hall–Kier alpha value is -2.54. The number of nitrogens with zero attached hydrogens (tertiary/aromatic N) is 2. The Kier molecular flexibility index (Phi) is 3.67. The standard InChI is InChI=1S/C15H14FN3/c1-19(14-4-2-3-11(7-14)9-17)10-12-8-13(16)5-6-15(12)18/h2-8H,10,18H2,1H3. The number of hydrogen-bond acceptors (Lipinski definition) is 3.